The summed E-state index contributed by atoms with van der Waals surface area (Å²) in [4.78, 5) is 24.4. The van der Waals surface area contributed by atoms with E-state index >= 15 is 0 Å². The predicted molar refractivity (Wildman–Crippen MR) is 173 cm³/mol. The zero-order chi connectivity index (χ0) is 31.2. The lowest BCUT2D eigenvalue weighted by Gasteiger charge is -2.24. The van der Waals surface area contributed by atoms with Gasteiger partial charge in [-0.3, -0.25) is 0 Å². The Kier molecular flexibility index (Phi) is 20.9. The molecule has 1 heterocycles. The molecule has 0 saturated heterocycles. The van der Waals surface area contributed by atoms with Crippen LogP contribution in [-0.4, -0.2) is 64.3 Å². The van der Waals surface area contributed by atoms with Crippen LogP contribution in [0.15, 0.2) is 69.9 Å². The highest BCUT2D eigenvalue weighted by Crippen LogP contribution is 2.21. The SMILES string of the molecule is COCO[C@@H]1/C=C/[C@H](OCOC)C(OC(N)=O)CC/C=C/C=C(\C)CC([C@H](C)/C=C(C)/C=C/I)OC(=O)/C=C/CCC1. The fourth-order valence-electron chi connectivity index (χ4n) is 4.29. The van der Waals surface area contributed by atoms with Gasteiger partial charge in [-0.2, -0.15) is 0 Å². The van der Waals surface area contributed by atoms with Gasteiger partial charge >= 0.3 is 12.1 Å². The Hall–Kier alpha value is -2.25. The molecule has 0 fully saturated rings. The average Bonchev–Trinajstić information content (AvgIpc) is 2.93. The first-order chi connectivity index (χ1) is 20.2. The number of halogens is 1. The molecule has 0 aromatic carbocycles. The first-order valence-corrected chi connectivity index (χ1v) is 15.4. The second-order valence-corrected chi connectivity index (χ2v) is 10.8. The number of nitrogens with two attached hydrogens (primary N) is 1. The second kappa shape index (κ2) is 23.2. The van der Waals surface area contributed by atoms with Crippen LogP contribution in [0.4, 0.5) is 4.79 Å². The van der Waals surface area contributed by atoms with Gasteiger partial charge in [-0.1, -0.05) is 89.3 Å². The van der Waals surface area contributed by atoms with E-state index < -0.39 is 18.3 Å². The summed E-state index contributed by atoms with van der Waals surface area (Å²) >= 11 is 2.19. The number of methoxy groups -OCH3 is 2. The molecule has 2 unspecified atom stereocenters. The Balaban J connectivity index is 3.28. The molecule has 9 nitrogen and oxygen atoms in total. The van der Waals surface area contributed by atoms with Crippen molar-refractivity contribution in [3.8, 4) is 0 Å². The summed E-state index contributed by atoms with van der Waals surface area (Å²) < 4.78 is 35.2. The van der Waals surface area contributed by atoms with Crippen LogP contribution in [0.2, 0.25) is 0 Å². The van der Waals surface area contributed by atoms with E-state index in [9.17, 15) is 9.59 Å². The topological polar surface area (TPSA) is 116 Å². The molecule has 2 N–H and O–H groups in total. The van der Waals surface area contributed by atoms with E-state index in [0.29, 0.717) is 32.1 Å². The number of hydrogen-bond acceptors (Lipinski definition) is 8. The number of ether oxygens (including phenoxy) is 6. The number of rotatable bonds is 10. The maximum Gasteiger partial charge on any atom is 0.404 e. The minimum Gasteiger partial charge on any atom is -0.458 e. The van der Waals surface area contributed by atoms with E-state index in [1.807, 2.05) is 54.4 Å². The number of carbonyl (C=O) groups excluding carboxylic acids is 2. The second-order valence-electron chi connectivity index (χ2n) is 10.1. The minimum atomic E-state index is -0.875. The molecule has 5 atom stereocenters. The number of carbonyl (C=O) groups is 2. The highest BCUT2D eigenvalue weighted by Gasteiger charge is 2.24. The monoisotopic (exact) mass is 701 g/mol. The molecule has 0 bridgehead atoms. The van der Waals surface area contributed by atoms with Crippen molar-refractivity contribution in [3.63, 3.8) is 0 Å². The average molecular weight is 702 g/mol. The molecule has 0 spiro atoms. The van der Waals surface area contributed by atoms with Gasteiger partial charge in [0.1, 0.15) is 31.9 Å². The molecule has 1 amide bonds. The molecule has 0 saturated carbocycles. The third kappa shape index (κ3) is 17.6. The van der Waals surface area contributed by atoms with Crippen LogP contribution in [-0.2, 0) is 33.2 Å². The van der Waals surface area contributed by atoms with E-state index in [0.717, 1.165) is 17.6 Å². The number of allylic oxidation sites excluding steroid dienone is 6. The number of cyclic esters (lactones) is 1. The summed E-state index contributed by atoms with van der Waals surface area (Å²) in [6.45, 7) is 6.23. The van der Waals surface area contributed by atoms with Crippen LogP contribution < -0.4 is 5.73 Å². The fourth-order valence-corrected chi connectivity index (χ4v) is 4.86. The molecule has 10 heteroatoms. The van der Waals surface area contributed by atoms with Crippen LogP contribution >= 0.6 is 22.6 Å². The number of hydrogen-bond donors (Lipinski definition) is 1. The van der Waals surface area contributed by atoms with E-state index in [1.54, 1.807) is 13.2 Å². The summed E-state index contributed by atoms with van der Waals surface area (Å²) in [5, 5.41) is 0. The van der Waals surface area contributed by atoms with Crippen molar-refractivity contribution in [2.24, 2.45) is 11.7 Å². The number of esters is 1. The van der Waals surface area contributed by atoms with Crippen molar-refractivity contribution in [3.05, 3.63) is 69.9 Å². The van der Waals surface area contributed by atoms with Crippen molar-refractivity contribution >= 4 is 34.7 Å². The van der Waals surface area contributed by atoms with E-state index in [-0.39, 0.29) is 37.7 Å². The Morgan fingerprint density at radius 2 is 1.88 bits per heavy atom. The molecule has 1 aliphatic heterocycles. The van der Waals surface area contributed by atoms with Crippen LogP contribution in [0.1, 0.15) is 59.3 Å². The normalized spacial score (nSPS) is 28.2. The smallest absolute Gasteiger partial charge is 0.404 e. The van der Waals surface area contributed by atoms with Gasteiger partial charge in [0.15, 0.2) is 0 Å². The molecule has 1 rings (SSSR count). The molecular weight excluding hydrogens is 653 g/mol. The number of amides is 1. The molecule has 0 aromatic rings. The quantitative estimate of drug-likeness (QED) is 0.0866. The zero-order valence-electron chi connectivity index (χ0n) is 25.5. The molecular formula is C32H48INO8. The molecule has 1 aliphatic rings. The van der Waals surface area contributed by atoms with Crippen LogP contribution in [0.5, 0.6) is 0 Å². The van der Waals surface area contributed by atoms with Gasteiger partial charge in [0, 0.05) is 32.6 Å². The maximum absolute atomic E-state index is 12.7. The third-order valence-electron chi connectivity index (χ3n) is 6.40. The van der Waals surface area contributed by atoms with Crippen molar-refractivity contribution in [1.29, 1.82) is 0 Å². The van der Waals surface area contributed by atoms with E-state index in [1.165, 1.54) is 13.2 Å². The van der Waals surface area contributed by atoms with Gasteiger partial charge in [-0.05, 0) is 50.0 Å². The van der Waals surface area contributed by atoms with Crippen molar-refractivity contribution in [2.45, 2.75) is 83.7 Å². The largest absolute Gasteiger partial charge is 0.458 e. The highest BCUT2D eigenvalue weighted by molar-refractivity contribution is 14.1. The highest BCUT2D eigenvalue weighted by atomic mass is 127. The maximum atomic E-state index is 12.7. The number of primary amides is 1. The van der Waals surface area contributed by atoms with Gasteiger partial charge in [0.25, 0.3) is 0 Å². The predicted octanol–water partition coefficient (Wildman–Crippen LogP) is 6.84. The van der Waals surface area contributed by atoms with Crippen LogP contribution in [0, 0.1) is 5.92 Å². The summed E-state index contributed by atoms with van der Waals surface area (Å²) in [7, 11) is 3.08. The van der Waals surface area contributed by atoms with Crippen molar-refractivity contribution < 1.29 is 38.0 Å². The summed E-state index contributed by atoms with van der Waals surface area (Å²) in [5.74, 6) is -0.341. The van der Waals surface area contributed by atoms with Gasteiger partial charge < -0.3 is 34.2 Å². The standard InChI is InChI=1S/C32H48INO8/c1-24-12-8-6-10-14-29(42-32(34)36)28(40-23-38-5)17-16-27(39-22-37-4)13-9-7-11-15-31(35)41-30(21-24)26(3)20-25(2)18-19-33/h6,8,11-12,15-20,26-30H,7,9-10,13-14,21-23H2,1-5H3,(H2,34,36)/b8-6+,15-11+,17-16+,19-18+,24-12+,25-20+/t26-,27+,28+,29?,30?/m1/s1. The molecule has 0 aromatic heterocycles. The zero-order valence-corrected chi connectivity index (χ0v) is 27.7. The Labute approximate surface area is 265 Å². The van der Waals surface area contributed by atoms with Gasteiger partial charge in [0.05, 0.1) is 6.10 Å². The van der Waals surface area contributed by atoms with Gasteiger partial charge in [0.2, 0.25) is 0 Å². The molecule has 236 valence electrons. The van der Waals surface area contributed by atoms with Gasteiger partial charge in [-0.25, -0.2) is 9.59 Å². The third-order valence-corrected chi connectivity index (χ3v) is 6.76. The lowest BCUT2D eigenvalue weighted by Crippen LogP contribution is -2.35. The molecule has 0 radical (unpaired) electrons. The van der Waals surface area contributed by atoms with Gasteiger partial charge in [-0.15, -0.1) is 0 Å². The summed E-state index contributed by atoms with van der Waals surface area (Å²) in [6.07, 6.45) is 18.1. The summed E-state index contributed by atoms with van der Waals surface area (Å²) in [5.41, 5.74) is 7.57. The lowest BCUT2D eigenvalue weighted by molar-refractivity contribution is -0.144. The van der Waals surface area contributed by atoms with Crippen molar-refractivity contribution in [1.82, 2.24) is 0 Å². The lowest BCUT2D eigenvalue weighted by atomic mass is 9.95. The van der Waals surface area contributed by atoms with Crippen LogP contribution in [0.25, 0.3) is 0 Å². The Bertz CT molecular complexity index is 972. The van der Waals surface area contributed by atoms with Crippen LogP contribution in [0.3, 0.4) is 0 Å². The van der Waals surface area contributed by atoms with Crippen molar-refractivity contribution in [2.75, 3.05) is 27.8 Å². The first-order valence-electron chi connectivity index (χ1n) is 14.2. The van der Waals surface area contributed by atoms with E-state index in [4.69, 9.17) is 34.2 Å². The molecule has 42 heavy (non-hydrogen) atoms. The Morgan fingerprint density at radius 1 is 1.14 bits per heavy atom. The Morgan fingerprint density at radius 3 is 2.57 bits per heavy atom. The first kappa shape index (κ1) is 37.8. The fraction of sp³-hybridized carbons (Fsp3) is 0.562. The summed E-state index contributed by atoms with van der Waals surface area (Å²) in [6, 6.07) is 0. The molecule has 0 aliphatic carbocycles. The van der Waals surface area contributed by atoms with E-state index in [2.05, 4.69) is 35.6 Å². The minimum absolute atomic E-state index is 0.0125.